The number of epoxide rings is 1. The van der Waals surface area contributed by atoms with Gasteiger partial charge in [0, 0.05) is 5.41 Å². The van der Waals surface area contributed by atoms with E-state index < -0.39 is 0 Å². The number of hydrogen-bond donors (Lipinski definition) is 0. The van der Waals surface area contributed by atoms with Crippen LogP contribution in [0.15, 0.2) is 24.3 Å². The molecule has 0 saturated carbocycles. The second-order valence-corrected chi connectivity index (χ2v) is 5.45. The summed E-state index contributed by atoms with van der Waals surface area (Å²) in [5.74, 6) is 0.195. The van der Waals surface area contributed by atoms with Gasteiger partial charge in [-0.05, 0) is 18.1 Å². The molecule has 0 unspecified atom stereocenters. The summed E-state index contributed by atoms with van der Waals surface area (Å²) in [4.78, 5) is 12.0. The van der Waals surface area contributed by atoms with E-state index in [-0.39, 0.29) is 23.4 Å². The third-order valence-electron chi connectivity index (χ3n) is 2.98. The molecule has 0 amide bonds. The van der Waals surface area contributed by atoms with Crippen molar-refractivity contribution in [3.05, 3.63) is 35.4 Å². The number of benzene rings is 1. The molecule has 2 nitrogen and oxygen atoms in total. The fourth-order valence-corrected chi connectivity index (χ4v) is 1.88. The fourth-order valence-electron chi connectivity index (χ4n) is 1.88. The summed E-state index contributed by atoms with van der Waals surface area (Å²) in [6, 6.07) is 8.08. The SMILES string of the molecule is Cc1ccccc1[C@H]1O[C@@H]1C(=O)C(C)(C)C. The van der Waals surface area contributed by atoms with E-state index in [1.165, 1.54) is 5.56 Å². The molecule has 2 atom stereocenters. The predicted octanol–water partition coefficient (Wildman–Crippen LogP) is 3.05. The van der Waals surface area contributed by atoms with E-state index in [0.717, 1.165) is 5.56 Å². The molecule has 0 aromatic heterocycles. The Kier molecular flexibility index (Phi) is 2.62. The van der Waals surface area contributed by atoms with Gasteiger partial charge in [0.05, 0.1) is 0 Å². The monoisotopic (exact) mass is 218 g/mol. The maximum Gasteiger partial charge on any atom is 0.169 e. The first-order valence-corrected chi connectivity index (χ1v) is 5.66. The minimum atomic E-state index is -0.317. The van der Waals surface area contributed by atoms with Gasteiger partial charge in [0.15, 0.2) is 5.78 Å². The van der Waals surface area contributed by atoms with Crippen LogP contribution in [0.25, 0.3) is 0 Å². The topological polar surface area (TPSA) is 29.6 Å². The molecule has 86 valence electrons. The van der Waals surface area contributed by atoms with Crippen molar-refractivity contribution >= 4 is 5.78 Å². The number of aryl methyl sites for hydroxylation is 1. The molecule has 0 bridgehead atoms. The standard InChI is InChI=1S/C14H18O2/c1-9-7-5-6-8-10(9)11-12(16-11)13(15)14(2,3)4/h5-8,11-12H,1-4H3/t11-,12+/m1/s1. The van der Waals surface area contributed by atoms with Crippen LogP contribution in [0, 0.1) is 12.3 Å². The van der Waals surface area contributed by atoms with Crippen molar-refractivity contribution in [3.63, 3.8) is 0 Å². The molecular weight excluding hydrogens is 200 g/mol. The lowest BCUT2D eigenvalue weighted by Crippen LogP contribution is -2.25. The van der Waals surface area contributed by atoms with Crippen molar-refractivity contribution in [3.8, 4) is 0 Å². The van der Waals surface area contributed by atoms with E-state index in [1.807, 2.05) is 39.0 Å². The van der Waals surface area contributed by atoms with Crippen molar-refractivity contribution in [2.24, 2.45) is 5.41 Å². The van der Waals surface area contributed by atoms with E-state index >= 15 is 0 Å². The summed E-state index contributed by atoms with van der Waals surface area (Å²) in [6.45, 7) is 7.86. The molecule has 0 N–H and O–H groups in total. The van der Waals surface area contributed by atoms with Crippen LogP contribution < -0.4 is 0 Å². The number of ether oxygens (including phenoxy) is 1. The number of hydrogen-bond acceptors (Lipinski definition) is 2. The zero-order valence-corrected chi connectivity index (χ0v) is 10.3. The molecular formula is C14H18O2. The summed E-state index contributed by atoms with van der Waals surface area (Å²) in [5, 5.41) is 0. The molecule has 1 aromatic rings. The molecule has 0 spiro atoms. The third-order valence-corrected chi connectivity index (χ3v) is 2.98. The van der Waals surface area contributed by atoms with Gasteiger partial charge in [0.2, 0.25) is 0 Å². The molecule has 0 aliphatic carbocycles. The van der Waals surface area contributed by atoms with Crippen LogP contribution in [0.1, 0.15) is 38.0 Å². The van der Waals surface area contributed by atoms with Gasteiger partial charge in [-0.15, -0.1) is 0 Å². The molecule has 1 heterocycles. The number of rotatable bonds is 2. The summed E-state index contributed by atoms with van der Waals surface area (Å²) in [7, 11) is 0. The Balaban J connectivity index is 2.13. The summed E-state index contributed by atoms with van der Waals surface area (Å²) in [6.07, 6.45) is -0.256. The lowest BCUT2D eigenvalue weighted by molar-refractivity contribution is -0.127. The number of Topliss-reactive ketones (excluding diaryl/α,β-unsaturated/α-hetero) is 1. The largest absolute Gasteiger partial charge is 0.356 e. The van der Waals surface area contributed by atoms with Crippen LogP contribution in [0.3, 0.4) is 0 Å². The second kappa shape index (κ2) is 3.70. The van der Waals surface area contributed by atoms with Crippen LogP contribution in [0.5, 0.6) is 0 Å². The fraction of sp³-hybridized carbons (Fsp3) is 0.500. The number of ketones is 1. The van der Waals surface area contributed by atoms with Crippen LogP contribution in [0.4, 0.5) is 0 Å². The average molecular weight is 218 g/mol. The Bertz CT molecular complexity index is 415. The highest BCUT2D eigenvalue weighted by atomic mass is 16.6. The van der Waals surface area contributed by atoms with E-state index in [1.54, 1.807) is 0 Å². The van der Waals surface area contributed by atoms with Crippen LogP contribution in [-0.4, -0.2) is 11.9 Å². The normalized spacial score (nSPS) is 24.2. The Hall–Kier alpha value is -1.15. The number of carbonyl (C=O) groups excluding carboxylic acids is 1. The van der Waals surface area contributed by atoms with E-state index in [0.29, 0.717) is 0 Å². The van der Waals surface area contributed by atoms with Gasteiger partial charge in [-0.25, -0.2) is 0 Å². The third kappa shape index (κ3) is 2.03. The second-order valence-electron chi connectivity index (χ2n) is 5.45. The van der Waals surface area contributed by atoms with Crippen LogP contribution >= 0.6 is 0 Å². The maximum atomic E-state index is 12.0. The molecule has 1 fully saturated rings. The molecule has 0 radical (unpaired) electrons. The molecule has 2 heteroatoms. The zero-order chi connectivity index (χ0) is 11.9. The Morgan fingerprint density at radius 2 is 1.88 bits per heavy atom. The number of carbonyl (C=O) groups is 1. The van der Waals surface area contributed by atoms with Gasteiger partial charge in [0.1, 0.15) is 12.2 Å². The first kappa shape index (κ1) is 11.3. The lowest BCUT2D eigenvalue weighted by atomic mass is 9.87. The predicted molar refractivity (Wildman–Crippen MR) is 63.3 cm³/mol. The van der Waals surface area contributed by atoms with Gasteiger partial charge < -0.3 is 4.74 Å². The molecule has 16 heavy (non-hydrogen) atoms. The Morgan fingerprint density at radius 1 is 1.25 bits per heavy atom. The Labute approximate surface area is 96.6 Å². The van der Waals surface area contributed by atoms with Crippen molar-refractivity contribution in [1.82, 2.24) is 0 Å². The first-order chi connectivity index (χ1) is 7.41. The minimum Gasteiger partial charge on any atom is -0.356 e. The Morgan fingerprint density at radius 3 is 2.44 bits per heavy atom. The van der Waals surface area contributed by atoms with Crippen molar-refractivity contribution < 1.29 is 9.53 Å². The summed E-state index contributed by atoms with van der Waals surface area (Å²) >= 11 is 0. The van der Waals surface area contributed by atoms with E-state index in [2.05, 4.69) is 13.0 Å². The highest BCUT2D eigenvalue weighted by Gasteiger charge is 2.49. The van der Waals surface area contributed by atoms with Gasteiger partial charge >= 0.3 is 0 Å². The first-order valence-electron chi connectivity index (χ1n) is 5.66. The van der Waals surface area contributed by atoms with Crippen LogP contribution in [0.2, 0.25) is 0 Å². The van der Waals surface area contributed by atoms with Gasteiger partial charge in [-0.1, -0.05) is 45.0 Å². The maximum absolute atomic E-state index is 12.0. The van der Waals surface area contributed by atoms with E-state index in [9.17, 15) is 4.79 Å². The van der Waals surface area contributed by atoms with Gasteiger partial charge in [0.25, 0.3) is 0 Å². The van der Waals surface area contributed by atoms with E-state index in [4.69, 9.17) is 4.74 Å². The molecule has 1 aliphatic rings. The molecule has 1 aliphatic heterocycles. The minimum absolute atomic E-state index is 0.0204. The van der Waals surface area contributed by atoms with Crippen molar-refractivity contribution in [2.45, 2.75) is 39.9 Å². The summed E-state index contributed by atoms with van der Waals surface area (Å²) in [5.41, 5.74) is 2.02. The lowest BCUT2D eigenvalue weighted by Gasteiger charge is -2.14. The van der Waals surface area contributed by atoms with Gasteiger partial charge in [-0.3, -0.25) is 4.79 Å². The highest BCUT2D eigenvalue weighted by molar-refractivity contribution is 5.90. The quantitative estimate of drug-likeness (QED) is 0.714. The van der Waals surface area contributed by atoms with Crippen molar-refractivity contribution in [2.75, 3.05) is 0 Å². The molecule has 1 saturated heterocycles. The van der Waals surface area contributed by atoms with Crippen molar-refractivity contribution in [1.29, 1.82) is 0 Å². The molecule has 2 rings (SSSR count). The smallest absolute Gasteiger partial charge is 0.169 e. The molecule has 1 aromatic carbocycles. The highest BCUT2D eigenvalue weighted by Crippen LogP contribution is 2.43. The van der Waals surface area contributed by atoms with Crippen LogP contribution in [-0.2, 0) is 9.53 Å². The average Bonchev–Trinajstić information content (AvgIpc) is 2.95. The zero-order valence-electron chi connectivity index (χ0n) is 10.3. The summed E-state index contributed by atoms with van der Waals surface area (Å²) < 4.78 is 5.52. The van der Waals surface area contributed by atoms with Gasteiger partial charge in [-0.2, -0.15) is 0 Å².